The van der Waals surface area contributed by atoms with E-state index in [1.807, 2.05) is 31.2 Å². The molecule has 0 aromatic heterocycles. The summed E-state index contributed by atoms with van der Waals surface area (Å²) in [6.45, 7) is 3.61. The fourth-order valence-electron chi connectivity index (χ4n) is 1.98. The van der Waals surface area contributed by atoms with Gasteiger partial charge in [0.2, 0.25) is 0 Å². The van der Waals surface area contributed by atoms with Crippen molar-refractivity contribution in [2.45, 2.75) is 18.7 Å². The van der Waals surface area contributed by atoms with E-state index in [1.165, 1.54) is 18.2 Å². The first-order valence-electron chi connectivity index (χ1n) is 7.84. The van der Waals surface area contributed by atoms with Crippen molar-refractivity contribution in [3.8, 4) is 0 Å². The molecule has 5 nitrogen and oxygen atoms in total. The Labute approximate surface area is 161 Å². The molecule has 2 aromatic carbocycles. The number of benzene rings is 2. The third kappa shape index (κ3) is 5.64. The Morgan fingerprint density at radius 2 is 1.73 bits per heavy atom. The van der Waals surface area contributed by atoms with Crippen molar-refractivity contribution in [3.05, 3.63) is 70.2 Å². The zero-order chi connectivity index (χ0) is 19.2. The Morgan fingerprint density at radius 1 is 1.12 bits per heavy atom. The maximum atomic E-state index is 12.5. The van der Waals surface area contributed by atoms with Crippen LogP contribution in [-0.2, 0) is 19.6 Å². The molecule has 0 fully saturated rings. The number of rotatable bonds is 6. The standard InChI is InChI=1S/C19H18BrNO4S/c1-3-25-19(22)18(13-8-15-6-9-16(20)10-7-15)21-26(23,24)17-11-4-14(2)5-12-17/h4-13H,3H2,1-2H3/b13-8+,21-18+. The molecule has 26 heavy (non-hydrogen) atoms. The number of carbonyl (C=O) groups is 1. The number of aryl methyl sites for hydroxylation is 1. The zero-order valence-corrected chi connectivity index (χ0v) is 16.7. The van der Waals surface area contributed by atoms with E-state index >= 15 is 0 Å². The van der Waals surface area contributed by atoms with E-state index in [-0.39, 0.29) is 17.2 Å². The van der Waals surface area contributed by atoms with Gasteiger partial charge < -0.3 is 4.74 Å². The van der Waals surface area contributed by atoms with Crippen molar-refractivity contribution in [2.24, 2.45) is 4.40 Å². The van der Waals surface area contributed by atoms with Gasteiger partial charge in [0.1, 0.15) is 0 Å². The molecule has 0 saturated heterocycles. The second-order valence-corrected chi connectivity index (χ2v) is 7.89. The number of sulfonamides is 1. The topological polar surface area (TPSA) is 72.8 Å². The van der Waals surface area contributed by atoms with Crippen molar-refractivity contribution < 1.29 is 17.9 Å². The lowest BCUT2D eigenvalue weighted by Crippen LogP contribution is -2.17. The summed E-state index contributed by atoms with van der Waals surface area (Å²) in [7, 11) is -4.02. The minimum absolute atomic E-state index is 0.0157. The minimum atomic E-state index is -4.02. The summed E-state index contributed by atoms with van der Waals surface area (Å²) in [6.07, 6.45) is 2.94. The number of carbonyl (C=O) groups excluding carboxylic acids is 1. The van der Waals surface area contributed by atoms with Crippen molar-refractivity contribution in [3.63, 3.8) is 0 Å². The molecule has 7 heteroatoms. The van der Waals surface area contributed by atoms with E-state index in [2.05, 4.69) is 20.3 Å². The fraction of sp³-hybridized carbons (Fsp3) is 0.158. The van der Waals surface area contributed by atoms with E-state index in [4.69, 9.17) is 4.74 Å². The van der Waals surface area contributed by atoms with Crippen molar-refractivity contribution in [2.75, 3.05) is 6.61 Å². The van der Waals surface area contributed by atoms with Crippen LogP contribution in [0.2, 0.25) is 0 Å². The normalized spacial score (nSPS) is 12.3. The van der Waals surface area contributed by atoms with E-state index in [0.717, 1.165) is 15.6 Å². The molecule has 2 rings (SSSR count). The van der Waals surface area contributed by atoms with Crippen LogP contribution in [0.5, 0.6) is 0 Å². The van der Waals surface area contributed by atoms with Crippen LogP contribution in [0.3, 0.4) is 0 Å². The molecule has 0 aliphatic rings. The summed E-state index contributed by atoms with van der Waals surface area (Å²) in [5.41, 5.74) is 1.43. The molecule has 2 aromatic rings. The second-order valence-electron chi connectivity index (χ2n) is 5.37. The van der Waals surface area contributed by atoms with Gasteiger partial charge in [-0.3, -0.25) is 0 Å². The summed E-state index contributed by atoms with van der Waals surface area (Å²) >= 11 is 3.34. The highest BCUT2D eigenvalue weighted by molar-refractivity contribution is 9.10. The molecule has 0 saturated carbocycles. The van der Waals surface area contributed by atoms with Gasteiger partial charge in [0.15, 0.2) is 5.71 Å². The van der Waals surface area contributed by atoms with Crippen LogP contribution in [0.25, 0.3) is 6.08 Å². The van der Waals surface area contributed by atoms with Crippen LogP contribution in [0.4, 0.5) is 0 Å². The van der Waals surface area contributed by atoms with Gasteiger partial charge in [-0.25, -0.2) is 4.79 Å². The van der Waals surface area contributed by atoms with Crippen LogP contribution >= 0.6 is 15.9 Å². The highest BCUT2D eigenvalue weighted by Gasteiger charge is 2.18. The van der Waals surface area contributed by atoms with Crippen molar-refractivity contribution in [1.82, 2.24) is 0 Å². The molecule has 0 amide bonds. The van der Waals surface area contributed by atoms with Crippen LogP contribution in [0, 0.1) is 6.92 Å². The number of hydrogen-bond acceptors (Lipinski definition) is 4. The van der Waals surface area contributed by atoms with E-state index in [9.17, 15) is 13.2 Å². The average molecular weight is 436 g/mol. The zero-order valence-electron chi connectivity index (χ0n) is 14.3. The summed E-state index contributed by atoms with van der Waals surface area (Å²) in [5.74, 6) is -0.795. The van der Waals surface area contributed by atoms with Crippen LogP contribution in [0.1, 0.15) is 18.1 Å². The highest BCUT2D eigenvalue weighted by Crippen LogP contribution is 2.15. The second kappa shape index (κ2) is 8.91. The predicted molar refractivity (Wildman–Crippen MR) is 106 cm³/mol. The van der Waals surface area contributed by atoms with Gasteiger partial charge in [0.05, 0.1) is 11.5 Å². The van der Waals surface area contributed by atoms with Crippen LogP contribution in [0.15, 0.2) is 68.4 Å². The molecule has 0 N–H and O–H groups in total. The van der Waals surface area contributed by atoms with Gasteiger partial charge >= 0.3 is 5.97 Å². The lowest BCUT2D eigenvalue weighted by Gasteiger charge is -2.04. The van der Waals surface area contributed by atoms with Gasteiger partial charge in [-0.05, 0) is 49.8 Å². The summed E-state index contributed by atoms with van der Waals surface area (Å²) in [6, 6.07) is 13.6. The molecule has 0 heterocycles. The molecular weight excluding hydrogens is 418 g/mol. The molecule has 0 atom stereocenters. The van der Waals surface area contributed by atoms with Gasteiger partial charge in [0.25, 0.3) is 10.0 Å². The summed E-state index contributed by atoms with van der Waals surface area (Å²) < 4.78 is 34.5. The highest BCUT2D eigenvalue weighted by atomic mass is 79.9. The first-order valence-corrected chi connectivity index (χ1v) is 10.1. The van der Waals surface area contributed by atoms with Crippen molar-refractivity contribution >= 4 is 43.7 Å². The SMILES string of the molecule is CCOC(=O)C(/C=C/c1ccc(Br)cc1)=N/S(=O)(=O)c1ccc(C)cc1. The number of nitrogens with zero attached hydrogens (tertiary/aromatic N) is 1. The van der Waals surface area contributed by atoms with E-state index < -0.39 is 16.0 Å². The first-order chi connectivity index (χ1) is 12.3. The monoisotopic (exact) mass is 435 g/mol. The number of hydrogen-bond donors (Lipinski definition) is 0. The average Bonchev–Trinajstić information content (AvgIpc) is 2.60. The predicted octanol–water partition coefficient (Wildman–Crippen LogP) is 4.16. The lowest BCUT2D eigenvalue weighted by atomic mass is 10.2. The molecule has 136 valence electrons. The largest absolute Gasteiger partial charge is 0.461 e. The minimum Gasteiger partial charge on any atom is -0.461 e. The Kier molecular flexibility index (Phi) is 6.88. The molecule has 0 spiro atoms. The van der Waals surface area contributed by atoms with Gasteiger partial charge in [-0.15, -0.1) is 0 Å². The number of ether oxygens (including phenoxy) is 1. The quantitative estimate of drug-likeness (QED) is 0.504. The molecule has 0 aliphatic carbocycles. The van der Waals surface area contributed by atoms with E-state index in [0.29, 0.717) is 0 Å². The smallest absolute Gasteiger partial charge is 0.357 e. The van der Waals surface area contributed by atoms with E-state index in [1.54, 1.807) is 25.1 Å². The Balaban J connectivity index is 2.39. The van der Waals surface area contributed by atoms with Gasteiger partial charge in [-0.1, -0.05) is 51.8 Å². The van der Waals surface area contributed by atoms with Crippen molar-refractivity contribution in [1.29, 1.82) is 0 Å². The molecule has 0 bridgehead atoms. The van der Waals surface area contributed by atoms with Gasteiger partial charge in [0, 0.05) is 4.47 Å². The first kappa shape index (κ1) is 20.1. The van der Waals surface area contributed by atoms with Crippen LogP contribution < -0.4 is 0 Å². The molecule has 0 aliphatic heterocycles. The maximum Gasteiger partial charge on any atom is 0.357 e. The fourth-order valence-corrected chi connectivity index (χ4v) is 3.23. The molecular formula is C19H18BrNO4S. The Bertz CT molecular complexity index is 931. The number of halogens is 1. The maximum absolute atomic E-state index is 12.5. The number of esters is 1. The third-order valence-electron chi connectivity index (χ3n) is 3.33. The molecule has 0 radical (unpaired) electrons. The van der Waals surface area contributed by atoms with Crippen LogP contribution in [-0.4, -0.2) is 26.7 Å². The van der Waals surface area contributed by atoms with Gasteiger partial charge in [-0.2, -0.15) is 12.8 Å². The Morgan fingerprint density at radius 3 is 2.31 bits per heavy atom. The molecule has 0 unspecified atom stereocenters. The summed E-state index contributed by atoms with van der Waals surface area (Å²) in [4.78, 5) is 12.1. The summed E-state index contributed by atoms with van der Waals surface area (Å²) in [5, 5.41) is 0. The Hall–Kier alpha value is -2.25. The third-order valence-corrected chi connectivity index (χ3v) is 5.16. The lowest BCUT2D eigenvalue weighted by molar-refractivity contribution is -0.134.